The lowest BCUT2D eigenvalue weighted by molar-refractivity contribution is -0.141. The van der Waals surface area contributed by atoms with Crippen LogP contribution in [0, 0.1) is 5.92 Å². The van der Waals surface area contributed by atoms with Crippen molar-refractivity contribution in [2.24, 2.45) is 5.92 Å². The molecule has 1 amide bonds. The van der Waals surface area contributed by atoms with Crippen molar-refractivity contribution in [2.75, 3.05) is 19.8 Å². The first-order valence-electron chi connectivity index (χ1n) is 6.88. The molecule has 1 atom stereocenters. The van der Waals surface area contributed by atoms with E-state index in [9.17, 15) is 9.59 Å². The molecule has 0 saturated heterocycles. The lowest BCUT2D eigenvalue weighted by atomic mass is 10.1. The molecule has 0 aliphatic carbocycles. The van der Waals surface area contributed by atoms with Crippen molar-refractivity contribution in [1.82, 2.24) is 5.32 Å². The largest absolute Gasteiger partial charge is 0.494 e. The van der Waals surface area contributed by atoms with Gasteiger partial charge in [-0.05, 0) is 37.6 Å². The minimum Gasteiger partial charge on any atom is -0.494 e. The molecule has 1 rings (SSSR count). The summed E-state index contributed by atoms with van der Waals surface area (Å²) < 4.78 is 10.6. The van der Waals surface area contributed by atoms with E-state index < -0.39 is 11.9 Å². The highest BCUT2D eigenvalue weighted by Crippen LogP contribution is 2.17. The number of carbonyl (C=O) groups is 2. The van der Waals surface area contributed by atoms with Crippen LogP contribution < -0.4 is 14.8 Å². The molecule has 116 valence electrons. The van der Waals surface area contributed by atoms with Crippen LogP contribution >= 0.6 is 0 Å². The third kappa shape index (κ3) is 6.65. The maximum absolute atomic E-state index is 11.5. The molecule has 2 N–H and O–H groups in total. The molecule has 0 spiro atoms. The first kappa shape index (κ1) is 16.8. The van der Waals surface area contributed by atoms with Crippen molar-refractivity contribution in [2.45, 2.75) is 20.3 Å². The topological polar surface area (TPSA) is 84.9 Å². The molecule has 6 nitrogen and oxygen atoms in total. The van der Waals surface area contributed by atoms with Crippen LogP contribution in [-0.4, -0.2) is 36.7 Å². The van der Waals surface area contributed by atoms with Crippen LogP contribution in [0.25, 0.3) is 0 Å². The van der Waals surface area contributed by atoms with Crippen LogP contribution in [0.5, 0.6) is 11.5 Å². The Balaban J connectivity index is 2.24. The molecular weight excluding hydrogens is 274 g/mol. The Labute approximate surface area is 124 Å². The number of benzene rings is 1. The van der Waals surface area contributed by atoms with Gasteiger partial charge in [0.1, 0.15) is 11.5 Å². The van der Waals surface area contributed by atoms with Gasteiger partial charge >= 0.3 is 5.97 Å². The van der Waals surface area contributed by atoms with E-state index in [-0.39, 0.29) is 12.5 Å². The average molecular weight is 295 g/mol. The smallest absolute Gasteiger partial charge is 0.306 e. The number of rotatable bonds is 9. The zero-order chi connectivity index (χ0) is 15.7. The lowest BCUT2D eigenvalue weighted by Gasteiger charge is -2.09. The second-order valence-electron chi connectivity index (χ2n) is 4.57. The van der Waals surface area contributed by atoms with Gasteiger partial charge in [-0.1, -0.05) is 6.92 Å². The lowest BCUT2D eigenvalue weighted by Crippen LogP contribution is -2.31. The molecular formula is C15H21NO5. The van der Waals surface area contributed by atoms with Crippen molar-refractivity contribution in [3.05, 3.63) is 24.3 Å². The van der Waals surface area contributed by atoms with Crippen LogP contribution in [-0.2, 0) is 9.59 Å². The number of amides is 1. The van der Waals surface area contributed by atoms with Gasteiger partial charge in [-0.15, -0.1) is 0 Å². The van der Waals surface area contributed by atoms with Crippen LogP contribution in [0.15, 0.2) is 24.3 Å². The van der Waals surface area contributed by atoms with Crippen molar-refractivity contribution >= 4 is 11.9 Å². The highest BCUT2D eigenvalue weighted by atomic mass is 16.5. The number of nitrogens with one attached hydrogen (secondary N) is 1. The van der Waals surface area contributed by atoms with Gasteiger partial charge in [0, 0.05) is 6.54 Å². The van der Waals surface area contributed by atoms with Crippen LogP contribution in [0.1, 0.15) is 20.3 Å². The third-order valence-corrected chi connectivity index (χ3v) is 2.83. The number of hydrogen-bond acceptors (Lipinski definition) is 4. The summed E-state index contributed by atoms with van der Waals surface area (Å²) in [5.74, 6) is -0.293. The fourth-order valence-electron chi connectivity index (χ4n) is 1.55. The van der Waals surface area contributed by atoms with E-state index in [4.69, 9.17) is 14.6 Å². The van der Waals surface area contributed by atoms with Crippen LogP contribution in [0.3, 0.4) is 0 Å². The van der Waals surface area contributed by atoms with Crippen molar-refractivity contribution in [3.8, 4) is 11.5 Å². The second kappa shape index (κ2) is 8.84. The number of aliphatic carboxylic acids is 1. The summed E-state index contributed by atoms with van der Waals surface area (Å²) in [6.45, 7) is 4.32. The molecule has 0 aliphatic heterocycles. The van der Waals surface area contributed by atoms with Gasteiger partial charge in [0.25, 0.3) is 5.91 Å². The quantitative estimate of drug-likeness (QED) is 0.724. The van der Waals surface area contributed by atoms with Gasteiger partial charge in [0.2, 0.25) is 0 Å². The maximum Gasteiger partial charge on any atom is 0.306 e. The normalized spacial score (nSPS) is 11.5. The van der Waals surface area contributed by atoms with Crippen LogP contribution in [0.2, 0.25) is 0 Å². The Morgan fingerprint density at radius 1 is 1.19 bits per heavy atom. The van der Waals surface area contributed by atoms with E-state index >= 15 is 0 Å². The molecule has 0 radical (unpaired) electrons. The summed E-state index contributed by atoms with van der Waals surface area (Å²) in [6.07, 6.45) is 0.393. The predicted molar refractivity (Wildman–Crippen MR) is 77.5 cm³/mol. The van der Waals surface area contributed by atoms with E-state index in [1.54, 1.807) is 31.2 Å². The van der Waals surface area contributed by atoms with Gasteiger partial charge < -0.3 is 19.9 Å². The average Bonchev–Trinajstić information content (AvgIpc) is 2.46. The predicted octanol–water partition coefficient (Wildman–Crippen LogP) is 1.69. The second-order valence-corrected chi connectivity index (χ2v) is 4.57. The highest BCUT2D eigenvalue weighted by Gasteiger charge is 2.11. The van der Waals surface area contributed by atoms with E-state index in [2.05, 4.69) is 5.32 Å². The number of ether oxygens (including phenoxy) is 2. The summed E-state index contributed by atoms with van der Waals surface area (Å²) in [5.41, 5.74) is 0. The SMILES string of the molecule is CCOc1ccc(OCC(=O)NCCC(C)C(=O)O)cc1. The highest BCUT2D eigenvalue weighted by molar-refractivity contribution is 5.77. The van der Waals surface area contributed by atoms with E-state index in [0.29, 0.717) is 25.3 Å². The molecule has 0 bridgehead atoms. The van der Waals surface area contributed by atoms with Gasteiger partial charge in [-0.3, -0.25) is 9.59 Å². The summed E-state index contributed by atoms with van der Waals surface area (Å²) in [6, 6.07) is 6.99. The third-order valence-electron chi connectivity index (χ3n) is 2.83. The zero-order valence-corrected chi connectivity index (χ0v) is 12.3. The molecule has 1 aromatic rings. The minimum absolute atomic E-state index is 0.102. The number of hydrogen-bond donors (Lipinski definition) is 2. The standard InChI is InChI=1S/C15H21NO5/c1-3-20-12-4-6-13(7-5-12)21-10-14(17)16-9-8-11(2)15(18)19/h4-7,11H,3,8-10H2,1-2H3,(H,16,17)(H,18,19). The van der Waals surface area contributed by atoms with Crippen molar-refractivity contribution in [3.63, 3.8) is 0 Å². The molecule has 6 heteroatoms. The van der Waals surface area contributed by atoms with Crippen LogP contribution in [0.4, 0.5) is 0 Å². The van der Waals surface area contributed by atoms with Crippen molar-refractivity contribution in [1.29, 1.82) is 0 Å². The molecule has 1 unspecified atom stereocenters. The van der Waals surface area contributed by atoms with Gasteiger partial charge in [-0.2, -0.15) is 0 Å². The summed E-state index contributed by atoms with van der Waals surface area (Å²) >= 11 is 0. The number of carboxylic acid groups (broad SMARTS) is 1. The van der Waals surface area contributed by atoms with E-state index in [0.717, 1.165) is 5.75 Å². The molecule has 0 saturated carbocycles. The first-order valence-corrected chi connectivity index (χ1v) is 6.88. The minimum atomic E-state index is -0.866. The molecule has 0 aromatic heterocycles. The van der Waals surface area contributed by atoms with E-state index in [1.165, 1.54) is 0 Å². The van der Waals surface area contributed by atoms with Crippen molar-refractivity contribution < 1.29 is 24.2 Å². The molecule has 0 heterocycles. The van der Waals surface area contributed by atoms with E-state index in [1.807, 2.05) is 6.92 Å². The van der Waals surface area contributed by atoms with Gasteiger partial charge in [0.05, 0.1) is 12.5 Å². The summed E-state index contributed by atoms with van der Waals surface area (Å²) in [5, 5.41) is 11.3. The molecule has 0 aliphatic rings. The monoisotopic (exact) mass is 295 g/mol. The number of carbonyl (C=O) groups excluding carboxylic acids is 1. The fourth-order valence-corrected chi connectivity index (χ4v) is 1.55. The summed E-state index contributed by atoms with van der Waals surface area (Å²) in [4.78, 5) is 22.1. The zero-order valence-electron chi connectivity index (χ0n) is 12.3. The molecule has 1 aromatic carbocycles. The Hall–Kier alpha value is -2.24. The maximum atomic E-state index is 11.5. The number of carboxylic acids is 1. The molecule has 0 fully saturated rings. The fraction of sp³-hybridized carbons (Fsp3) is 0.467. The van der Waals surface area contributed by atoms with Gasteiger partial charge in [-0.25, -0.2) is 0 Å². The Morgan fingerprint density at radius 3 is 2.29 bits per heavy atom. The first-order chi connectivity index (χ1) is 10.0. The molecule has 21 heavy (non-hydrogen) atoms. The van der Waals surface area contributed by atoms with Gasteiger partial charge in [0.15, 0.2) is 6.61 Å². The Bertz CT molecular complexity index is 458. The summed E-state index contributed by atoms with van der Waals surface area (Å²) in [7, 11) is 0. The Morgan fingerprint density at radius 2 is 1.76 bits per heavy atom. The Kier molecular flexibility index (Phi) is 7.08.